The molecule has 0 atom stereocenters. The summed E-state index contributed by atoms with van der Waals surface area (Å²) in [5.41, 5.74) is 4.46. The summed E-state index contributed by atoms with van der Waals surface area (Å²) in [4.78, 5) is 15.6. The van der Waals surface area contributed by atoms with Crippen molar-refractivity contribution in [2.45, 2.75) is 25.7 Å². The molecule has 116 valence electrons. The van der Waals surface area contributed by atoms with Crippen molar-refractivity contribution >= 4 is 16.7 Å². The Morgan fingerprint density at radius 1 is 1.04 bits per heavy atom. The van der Waals surface area contributed by atoms with Crippen LogP contribution in [-0.2, 0) is 12.8 Å². The fourth-order valence-corrected chi connectivity index (χ4v) is 3.33. The fraction of sp³-hybridized carbons (Fsp3) is 0.250. The van der Waals surface area contributed by atoms with Crippen LogP contribution < -0.4 is 4.74 Å². The zero-order chi connectivity index (χ0) is 15.6. The minimum Gasteiger partial charge on any atom is -0.485 e. The molecule has 1 heterocycles. The normalized spacial score (nSPS) is 13.7. The highest BCUT2D eigenvalue weighted by atomic mass is 16.5. The van der Waals surface area contributed by atoms with Crippen LogP contribution in [0.15, 0.2) is 48.7 Å². The molecule has 1 aliphatic carbocycles. The molecule has 0 bridgehead atoms. The number of rotatable bonds is 4. The predicted octanol–water partition coefficient (Wildman–Crippen LogP) is 4.31. The van der Waals surface area contributed by atoms with Crippen molar-refractivity contribution in [3.63, 3.8) is 0 Å². The summed E-state index contributed by atoms with van der Waals surface area (Å²) in [6.07, 6.45) is 6.55. The maximum absolute atomic E-state index is 12.4. The monoisotopic (exact) mass is 305 g/mol. The van der Waals surface area contributed by atoms with E-state index in [1.165, 1.54) is 24.0 Å². The first-order chi connectivity index (χ1) is 11.3. The number of ketones is 1. The minimum absolute atomic E-state index is 0.000158. The number of benzene rings is 2. The molecule has 3 nitrogen and oxygen atoms in total. The standard InChI is InChI=1S/C20H19NO2/c22-20(18-12-21-19-8-4-3-7-17(18)19)13-23-16-10-9-14-5-1-2-6-15(14)11-16/h3-4,7-12,21H,1-2,5-6,13H2. The molecule has 0 saturated carbocycles. The first-order valence-electron chi connectivity index (χ1n) is 8.15. The van der Waals surface area contributed by atoms with Gasteiger partial charge in [0.05, 0.1) is 0 Å². The van der Waals surface area contributed by atoms with E-state index < -0.39 is 0 Å². The number of aryl methyl sites for hydroxylation is 2. The highest BCUT2D eigenvalue weighted by molar-refractivity contribution is 6.08. The van der Waals surface area contributed by atoms with Crippen LogP contribution >= 0.6 is 0 Å². The second kappa shape index (κ2) is 5.92. The van der Waals surface area contributed by atoms with E-state index in [0.29, 0.717) is 5.56 Å². The number of aromatic nitrogens is 1. The topological polar surface area (TPSA) is 42.1 Å². The highest BCUT2D eigenvalue weighted by Gasteiger charge is 2.14. The lowest BCUT2D eigenvalue weighted by molar-refractivity contribution is 0.0923. The number of ether oxygens (including phenoxy) is 1. The van der Waals surface area contributed by atoms with Crippen LogP contribution in [0, 0.1) is 0 Å². The Kier molecular flexibility index (Phi) is 3.62. The summed E-state index contributed by atoms with van der Waals surface area (Å²) in [6.45, 7) is 0.0701. The molecule has 0 unspecified atom stereocenters. The van der Waals surface area contributed by atoms with Gasteiger partial charge in [0.2, 0.25) is 5.78 Å². The van der Waals surface area contributed by atoms with Crippen LogP contribution in [0.3, 0.4) is 0 Å². The number of carbonyl (C=O) groups is 1. The SMILES string of the molecule is O=C(COc1ccc2c(c1)CCCC2)c1c[nH]c2ccccc12. The molecular formula is C20H19NO2. The molecule has 2 aromatic carbocycles. The molecule has 1 aromatic heterocycles. The van der Waals surface area contributed by atoms with E-state index >= 15 is 0 Å². The van der Waals surface area contributed by atoms with E-state index in [4.69, 9.17) is 4.74 Å². The van der Waals surface area contributed by atoms with E-state index in [2.05, 4.69) is 17.1 Å². The lowest BCUT2D eigenvalue weighted by Gasteiger charge is -2.16. The molecule has 0 fully saturated rings. The lowest BCUT2D eigenvalue weighted by Crippen LogP contribution is -2.12. The second-order valence-corrected chi connectivity index (χ2v) is 6.10. The third-order valence-electron chi connectivity index (χ3n) is 4.58. The van der Waals surface area contributed by atoms with E-state index in [9.17, 15) is 4.79 Å². The first-order valence-corrected chi connectivity index (χ1v) is 8.15. The molecule has 0 radical (unpaired) electrons. The van der Waals surface area contributed by atoms with Gasteiger partial charge in [0.1, 0.15) is 5.75 Å². The van der Waals surface area contributed by atoms with Gasteiger partial charge in [-0.1, -0.05) is 24.3 Å². The Balaban J connectivity index is 1.49. The van der Waals surface area contributed by atoms with Crippen molar-refractivity contribution in [3.8, 4) is 5.75 Å². The largest absolute Gasteiger partial charge is 0.485 e. The zero-order valence-corrected chi connectivity index (χ0v) is 13.0. The van der Waals surface area contributed by atoms with Gasteiger partial charge < -0.3 is 9.72 Å². The van der Waals surface area contributed by atoms with Gasteiger partial charge in [0, 0.05) is 22.7 Å². The molecule has 4 rings (SSSR count). The maximum atomic E-state index is 12.4. The number of nitrogens with one attached hydrogen (secondary N) is 1. The number of Topliss-reactive ketones (excluding diaryl/α,β-unsaturated/α-hetero) is 1. The fourth-order valence-electron chi connectivity index (χ4n) is 3.33. The highest BCUT2D eigenvalue weighted by Crippen LogP contribution is 2.25. The van der Waals surface area contributed by atoms with Crippen molar-refractivity contribution in [2.75, 3.05) is 6.61 Å². The van der Waals surface area contributed by atoms with Crippen LogP contribution in [0.4, 0.5) is 0 Å². The third-order valence-corrected chi connectivity index (χ3v) is 4.58. The number of fused-ring (bicyclic) bond motifs is 2. The lowest BCUT2D eigenvalue weighted by atomic mass is 9.92. The van der Waals surface area contributed by atoms with Crippen LogP contribution in [-0.4, -0.2) is 17.4 Å². The van der Waals surface area contributed by atoms with Crippen molar-refractivity contribution in [3.05, 3.63) is 65.4 Å². The van der Waals surface area contributed by atoms with Gasteiger partial charge in [-0.25, -0.2) is 0 Å². The third kappa shape index (κ3) is 2.74. The van der Waals surface area contributed by atoms with Crippen LogP contribution in [0.1, 0.15) is 34.3 Å². The Morgan fingerprint density at radius 2 is 1.87 bits per heavy atom. The van der Waals surface area contributed by atoms with Crippen LogP contribution in [0.25, 0.3) is 10.9 Å². The summed E-state index contributed by atoms with van der Waals surface area (Å²) in [6, 6.07) is 14.0. The average molecular weight is 305 g/mol. The molecule has 3 heteroatoms. The summed E-state index contributed by atoms with van der Waals surface area (Å²) < 4.78 is 5.74. The molecule has 23 heavy (non-hydrogen) atoms. The summed E-state index contributed by atoms with van der Waals surface area (Å²) >= 11 is 0. The van der Waals surface area contributed by atoms with Crippen molar-refractivity contribution < 1.29 is 9.53 Å². The van der Waals surface area contributed by atoms with Gasteiger partial charge in [-0.2, -0.15) is 0 Å². The molecular weight excluding hydrogens is 286 g/mol. The smallest absolute Gasteiger partial charge is 0.202 e. The number of carbonyl (C=O) groups excluding carboxylic acids is 1. The van der Waals surface area contributed by atoms with E-state index in [0.717, 1.165) is 29.5 Å². The van der Waals surface area contributed by atoms with E-state index in [1.807, 2.05) is 30.3 Å². The Morgan fingerprint density at radius 3 is 2.78 bits per heavy atom. The van der Waals surface area contributed by atoms with Crippen LogP contribution in [0.2, 0.25) is 0 Å². The molecule has 0 saturated heterocycles. The van der Waals surface area contributed by atoms with Crippen molar-refractivity contribution in [2.24, 2.45) is 0 Å². The summed E-state index contributed by atoms with van der Waals surface area (Å²) in [5.74, 6) is 0.791. The molecule has 1 aliphatic rings. The van der Waals surface area contributed by atoms with Gasteiger partial charge in [-0.05, 0) is 55.0 Å². The van der Waals surface area contributed by atoms with Gasteiger partial charge in [-0.3, -0.25) is 4.79 Å². The van der Waals surface area contributed by atoms with Crippen molar-refractivity contribution in [1.29, 1.82) is 0 Å². The van der Waals surface area contributed by atoms with Gasteiger partial charge >= 0.3 is 0 Å². The van der Waals surface area contributed by atoms with Gasteiger partial charge in [-0.15, -0.1) is 0 Å². The molecule has 0 aliphatic heterocycles. The Labute approximate surface area is 135 Å². The van der Waals surface area contributed by atoms with E-state index in [1.54, 1.807) is 6.20 Å². The first kappa shape index (κ1) is 14.1. The Hall–Kier alpha value is -2.55. The minimum atomic E-state index is 0.000158. The predicted molar refractivity (Wildman–Crippen MR) is 91.2 cm³/mol. The average Bonchev–Trinajstić information content (AvgIpc) is 3.03. The quantitative estimate of drug-likeness (QED) is 0.730. The summed E-state index contributed by atoms with van der Waals surface area (Å²) in [7, 11) is 0. The summed E-state index contributed by atoms with van der Waals surface area (Å²) in [5, 5.41) is 0.951. The second-order valence-electron chi connectivity index (χ2n) is 6.10. The number of para-hydroxylation sites is 1. The van der Waals surface area contributed by atoms with Crippen LogP contribution in [0.5, 0.6) is 5.75 Å². The molecule has 3 aromatic rings. The number of H-pyrrole nitrogens is 1. The number of hydrogen-bond donors (Lipinski definition) is 1. The zero-order valence-electron chi connectivity index (χ0n) is 13.0. The molecule has 0 spiro atoms. The van der Waals surface area contributed by atoms with Gasteiger partial charge in [0.15, 0.2) is 6.61 Å². The number of hydrogen-bond acceptors (Lipinski definition) is 2. The van der Waals surface area contributed by atoms with Crippen molar-refractivity contribution in [1.82, 2.24) is 4.98 Å². The van der Waals surface area contributed by atoms with E-state index in [-0.39, 0.29) is 12.4 Å². The molecule has 0 amide bonds. The van der Waals surface area contributed by atoms with Gasteiger partial charge in [0.25, 0.3) is 0 Å². The molecule has 1 N–H and O–H groups in total. The number of aromatic amines is 1. The Bertz CT molecular complexity index is 863. The maximum Gasteiger partial charge on any atom is 0.202 e.